The fourth-order valence-electron chi connectivity index (χ4n) is 12.2. The number of rotatable bonds is 79. The van der Waals surface area contributed by atoms with Gasteiger partial charge in [0, 0.05) is 25.7 Å². The lowest BCUT2D eigenvalue weighted by Crippen LogP contribution is -2.30. The molecule has 0 aromatic rings. The van der Waals surface area contributed by atoms with Gasteiger partial charge in [-0.25, -0.2) is 9.13 Å². The number of ether oxygens (including phenoxy) is 4. The third-order valence-corrected chi connectivity index (χ3v) is 20.8. The average molecular weight is 1440 g/mol. The molecule has 0 aliphatic carbocycles. The van der Waals surface area contributed by atoms with E-state index in [4.69, 9.17) is 37.0 Å². The van der Waals surface area contributed by atoms with Crippen molar-refractivity contribution in [2.45, 2.75) is 438 Å². The highest BCUT2D eigenvalue weighted by Crippen LogP contribution is 2.45. The summed E-state index contributed by atoms with van der Waals surface area (Å²) in [5.74, 6) is -1.30. The van der Waals surface area contributed by atoms with E-state index in [1.165, 1.54) is 244 Å². The molecule has 0 spiro atoms. The molecule has 6 atom stereocenters. The number of phosphoric acid groups is 2. The highest BCUT2D eigenvalue weighted by atomic mass is 31.2. The van der Waals surface area contributed by atoms with Crippen LogP contribution >= 0.6 is 15.6 Å². The maximum absolute atomic E-state index is 13.1. The first kappa shape index (κ1) is 96.1. The summed E-state index contributed by atoms with van der Waals surface area (Å²) in [7, 11) is -9.92. The van der Waals surface area contributed by atoms with Crippen molar-refractivity contribution in [1.82, 2.24) is 0 Å². The fraction of sp³-hybridized carbons (Fsp3) is 0.949. The third-order valence-electron chi connectivity index (χ3n) is 18.9. The second-order valence-corrected chi connectivity index (χ2v) is 31.6. The normalized spacial score (nSPS) is 14.2. The largest absolute Gasteiger partial charge is 0.472 e. The molecule has 0 heterocycles. The molecule has 0 amide bonds. The number of phosphoric ester groups is 2. The van der Waals surface area contributed by atoms with Gasteiger partial charge in [0.1, 0.15) is 19.3 Å². The van der Waals surface area contributed by atoms with Gasteiger partial charge in [-0.05, 0) is 31.6 Å². The smallest absolute Gasteiger partial charge is 0.462 e. The summed E-state index contributed by atoms with van der Waals surface area (Å²) in [4.78, 5) is 73.0. The summed E-state index contributed by atoms with van der Waals surface area (Å²) in [6.07, 6.45) is 62.1. The number of carbonyl (C=O) groups is 4. The molecule has 0 bridgehead atoms. The van der Waals surface area contributed by atoms with Crippen molar-refractivity contribution in [2.24, 2.45) is 5.92 Å². The zero-order valence-electron chi connectivity index (χ0n) is 63.9. The molecule has 0 radical (unpaired) electrons. The molecule has 0 aliphatic heterocycles. The molecule has 19 heteroatoms. The van der Waals surface area contributed by atoms with E-state index < -0.39 is 97.5 Å². The summed E-state index contributed by atoms with van der Waals surface area (Å²) in [5.41, 5.74) is 0. The Hall–Kier alpha value is -1.94. The van der Waals surface area contributed by atoms with Crippen LogP contribution in [0.4, 0.5) is 0 Å². The lowest BCUT2D eigenvalue weighted by Gasteiger charge is -2.21. The molecule has 3 N–H and O–H groups in total. The highest BCUT2D eigenvalue weighted by molar-refractivity contribution is 7.47. The van der Waals surface area contributed by atoms with Gasteiger partial charge in [0.15, 0.2) is 12.2 Å². The zero-order valence-corrected chi connectivity index (χ0v) is 65.7. The van der Waals surface area contributed by atoms with E-state index in [-0.39, 0.29) is 25.7 Å². The van der Waals surface area contributed by atoms with E-state index >= 15 is 0 Å². The van der Waals surface area contributed by atoms with Gasteiger partial charge in [0.25, 0.3) is 0 Å². The Kier molecular flexibility index (Phi) is 70.6. The second-order valence-electron chi connectivity index (χ2n) is 28.7. The van der Waals surface area contributed by atoms with E-state index in [0.29, 0.717) is 25.7 Å². The van der Waals surface area contributed by atoms with Gasteiger partial charge in [-0.15, -0.1) is 0 Å². The monoisotopic (exact) mass is 1440 g/mol. The van der Waals surface area contributed by atoms with Crippen molar-refractivity contribution in [2.75, 3.05) is 39.6 Å². The summed E-state index contributed by atoms with van der Waals surface area (Å²) in [5, 5.41) is 10.6. The minimum absolute atomic E-state index is 0.109. The van der Waals surface area contributed by atoms with Gasteiger partial charge in [-0.2, -0.15) is 0 Å². The lowest BCUT2D eigenvalue weighted by atomic mass is 9.99. The number of unbranched alkanes of at least 4 members (excludes halogenated alkanes) is 50. The Morgan fingerprint density at radius 2 is 0.490 bits per heavy atom. The minimum atomic E-state index is -4.96. The standard InChI is InChI=1S/C79H154O17P2/c1-6-10-13-16-19-22-25-28-30-31-32-35-38-45-50-55-60-65-79(84)96-75(69-90-77(82)63-58-53-48-43-40-39-41-46-51-56-61-72(5)9-4)71-94-98(87,88)92-67-73(80)66-91-97(85,86)93-70-74(68-89-76(81)62-57-52-47-42-36-33-27-24-21-18-15-12-8-3)95-78(83)64-59-54-49-44-37-34-29-26-23-20-17-14-11-7-2/h72-75,80H,6-71H2,1-5H3,(H,85,86)(H,87,88)/t72?,73-,74+,75+/m0/s1. The quantitative estimate of drug-likeness (QED) is 0.0222. The third kappa shape index (κ3) is 71.1. The molecule has 17 nitrogen and oxygen atoms in total. The van der Waals surface area contributed by atoms with Crippen LogP contribution in [0, 0.1) is 5.92 Å². The molecule has 0 rings (SSSR count). The van der Waals surface area contributed by atoms with Gasteiger partial charge in [-0.3, -0.25) is 37.3 Å². The van der Waals surface area contributed by atoms with E-state index in [0.717, 1.165) is 95.8 Å². The molecule has 582 valence electrons. The molecule has 98 heavy (non-hydrogen) atoms. The Labute approximate surface area is 600 Å². The Balaban J connectivity index is 5.27. The van der Waals surface area contributed by atoms with E-state index in [9.17, 15) is 43.2 Å². The van der Waals surface area contributed by atoms with Crippen LogP contribution in [0.3, 0.4) is 0 Å². The number of hydrogen-bond acceptors (Lipinski definition) is 15. The molecular formula is C79H154O17P2. The van der Waals surface area contributed by atoms with Crippen LogP contribution in [-0.2, 0) is 65.4 Å². The second kappa shape index (κ2) is 72.0. The summed E-state index contributed by atoms with van der Waals surface area (Å²) < 4.78 is 68.7. The number of hydrogen-bond donors (Lipinski definition) is 3. The molecule has 3 unspecified atom stereocenters. The predicted octanol–water partition coefficient (Wildman–Crippen LogP) is 23.6. The summed E-state index contributed by atoms with van der Waals surface area (Å²) in [6.45, 7) is 7.36. The van der Waals surface area contributed by atoms with Crippen molar-refractivity contribution in [3.05, 3.63) is 0 Å². The average Bonchev–Trinajstić information content (AvgIpc) is 0.965. The molecule has 0 saturated heterocycles. The molecule has 0 aliphatic rings. The first-order valence-corrected chi connectivity index (χ1v) is 44.2. The van der Waals surface area contributed by atoms with Crippen LogP contribution in [-0.4, -0.2) is 96.7 Å². The number of carbonyl (C=O) groups excluding carboxylic acids is 4. The number of aliphatic hydroxyl groups is 1. The summed E-state index contributed by atoms with van der Waals surface area (Å²) >= 11 is 0. The molecule has 0 fully saturated rings. The van der Waals surface area contributed by atoms with Crippen LogP contribution in [0.25, 0.3) is 0 Å². The predicted molar refractivity (Wildman–Crippen MR) is 400 cm³/mol. The Bertz CT molecular complexity index is 1880. The Morgan fingerprint density at radius 3 is 0.724 bits per heavy atom. The van der Waals surface area contributed by atoms with Crippen molar-refractivity contribution in [3.63, 3.8) is 0 Å². The van der Waals surface area contributed by atoms with Gasteiger partial charge >= 0.3 is 39.5 Å². The molecule has 0 aromatic heterocycles. The van der Waals surface area contributed by atoms with E-state index in [1.54, 1.807) is 0 Å². The molecular weight excluding hydrogens is 1280 g/mol. The Morgan fingerprint density at radius 1 is 0.286 bits per heavy atom. The lowest BCUT2D eigenvalue weighted by molar-refractivity contribution is -0.161. The summed E-state index contributed by atoms with van der Waals surface area (Å²) in [6, 6.07) is 0. The zero-order chi connectivity index (χ0) is 71.9. The van der Waals surface area contributed by atoms with Gasteiger partial charge in [0.05, 0.1) is 26.4 Å². The minimum Gasteiger partial charge on any atom is -0.462 e. The van der Waals surface area contributed by atoms with Crippen LogP contribution < -0.4 is 0 Å². The first-order valence-electron chi connectivity index (χ1n) is 41.2. The van der Waals surface area contributed by atoms with Crippen molar-refractivity contribution in [1.29, 1.82) is 0 Å². The van der Waals surface area contributed by atoms with Gasteiger partial charge < -0.3 is 33.8 Å². The topological polar surface area (TPSA) is 237 Å². The van der Waals surface area contributed by atoms with Gasteiger partial charge in [-0.1, -0.05) is 369 Å². The van der Waals surface area contributed by atoms with Gasteiger partial charge in [0.2, 0.25) is 0 Å². The van der Waals surface area contributed by atoms with E-state index in [2.05, 4.69) is 34.6 Å². The molecule has 0 aromatic carbocycles. The van der Waals surface area contributed by atoms with Crippen molar-refractivity contribution >= 4 is 39.5 Å². The number of esters is 4. The van der Waals surface area contributed by atoms with Crippen molar-refractivity contribution < 1.29 is 80.2 Å². The highest BCUT2D eigenvalue weighted by Gasteiger charge is 2.30. The number of aliphatic hydroxyl groups excluding tert-OH is 1. The molecule has 0 saturated carbocycles. The van der Waals surface area contributed by atoms with Crippen LogP contribution in [0.1, 0.15) is 420 Å². The van der Waals surface area contributed by atoms with E-state index in [1.807, 2.05) is 0 Å². The maximum atomic E-state index is 13.1. The van der Waals surface area contributed by atoms with Crippen LogP contribution in [0.15, 0.2) is 0 Å². The van der Waals surface area contributed by atoms with Crippen molar-refractivity contribution in [3.8, 4) is 0 Å². The maximum Gasteiger partial charge on any atom is 0.472 e. The van der Waals surface area contributed by atoms with Crippen LogP contribution in [0.2, 0.25) is 0 Å². The van der Waals surface area contributed by atoms with Crippen LogP contribution in [0.5, 0.6) is 0 Å². The SMILES string of the molecule is CCCCCCCCCCCCCCCCCCCC(=O)O[C@H](COC(=O)CCCCCCCCCCCCC(C)CC)COP(=O)(O)OC[C@@H](O)COP(=O)(O)OC[C@@H](COC(=O)CCCCCCCCCCCCCCC)OC(=O)CCCCCCCCCCCCCCCC. The fourth-order valence-corrected chi connectivity index (χ4v) is 13.8. The first-order chi connectivity index (χ1) is 47.6.